The molecule has 1 aliphatic heterocycles. The molecule has 0 aromatic carbocycles. The van der Waals surface area contributed by atoms with E-state index in [2.05, 4.69) is 56.7 Å². The van der Waals surface area contributed by atoms with Gasteiger partial charge in [0, 0.05) is 31.2 Å². The van der Waals surface area contributed by atoms with Crippen molar-refractivity contribution in [3.05, 3.63) is 0 Å². The van der Waals surface area contributed by atoms with E-state index in [1.54, 1.807) is 0 Å². The third kappa shape index (κ3) is 6.66. The molecule has 0 aromatic rings. The fraction of sp³-hybridized carbons (Fsp3) is 1.00. The fourth-order valence-electron chi connectivity index (χ4n) is 3.52. The average molecular weight is 298 g/mol. The molecule has 1 fully saturated rings. The van der Waals surface area contributed by atoms with Crippen LogP contribution in [0.2, 0.25) is 0 Å². The minimum Gasteiger partial charge on any atom is -0.313 e. The van der Waals surface area contributed by atoms with Crippen LogP contribution in [0.25, 0.3) is 0 Å². The van der Waals surface area contributed by atoms with Gasteiger partial charge < -0.3 is 10.2 Å². The van der Waals surface area contributed by atoms with E-state index >= 15 is 0 Å². The highest BCUT2D eigenvalue weighted by molar-refractivity contribution is 4.82. The van der Waals surface area contributed by atoms with Gasteiger partial charge in [-0.05, 0) is 65.6 Å². The molecule has 0 amide bonds. The highest BCUT2D eigenvalue weighted by atomic mass is 15.2. The second-order valence-corrected chi connectivity index (χ2v) is 7.35. The lowest BCUT2D eigenvalue weighted by atomic mass is 9.88. The molecule has 1 aliphatic rings. The van der Waals surface area contributed by atoms with Crippen LogP contribution in [0.5, 0.6) is 0 Å². The summed E-state index contributed by atoms with van der Waals surface area (Å²) in [6.07, 6.45) is 4.01. The first-order valence-electron chi connectivity index (χ1n) is 9.17. The molecule has 0 spiro atoms. The van der Waals surface area contributed by atoms with Crippen LogP contribution in [-0.2, 0) is 0 Å². The summed E-state index contributed by atoms with van der Waals surface area (Å²) < 4.78 is 0. The van der Waals surface area contributed by atoms with Gasteiger partial charge in [0.2, 0.25) is 0 Å². The van der Waals surface area contributed by atoms with Crippen LogP contribution in [0, 0.1) is 5.92 Å². The molecule has 1 atom stereocenters. The number of nitrogens with zero attached hydrogens (tertiary/aromatic N) is 2. The van der Waals surface area contributed by atoms with Gasteiger partial charge in [0.1, 0.15) is 0 Å². The first-order valence-corrected chi connectivity index (χ1v) is 9.17. The Kier molecular flexibility index (Phi) is 8.84. The minimum absolute atomic E-state index is 0.595. The summed E-state index contributed by atoms with van der Waals surface area (Å²) in [6, 6.07) is 2.04. The summed E-state index contributed by atoms with van der Waals surface area (Å²) >= 11 is 0. The largest absolute Gasteiger partial charge is 0.313 e. The van der Waals surface area contributed by atoms with Gasteiger partial charge in [-0.1, -0.05) is 20.8 Å². The molecule has 0 aromatic heterocycles. The summed E-state index contributed by atoms with van der Waals surface area (Å²) in [5, 5.41) is 3.56. The molecule has 3 nitrogen and oxygen atoms in total. The molecule has 1 unspecified atom stereocenters. The number of nitrogens with one attached hydrogen (secondary N) is 1. The molecular formula is C18H39N3. The van der Waals surface area contributed by atoms with Crippen LogP contribution in [0.1, 0.15) is 60.8 Å². The molecule has 126 valence electrons. The summed E-state index contributed by atoms with van der Waals surface area (Å²) in [5.74, 6) is 0.880. The number of piperidine rings is 1. The predicted octanol–water partition coefficient (Wildman–Crippen LogP) is 3.21. The summed E-state index contributed by atoms with van der Waals surface area (Å²) in [6.45, 7) is 20.0. The monoisotopic (exact) mass is 297 g/mol. The Morgan fingerprint density at radius 1 is 1.05 bits per heavy atom. The summed E-state index contributed by atoms with van der Waals surface area (Å²) in [5.41, 5.74) is 0. The van der Waals surface area contributed by atoms with Gasteiger partial charge in [0.15, 0.2) is 0 Å². The molecule has 1 saturated heterocycles. The lowest BCUT2D eigenvalue weighted by Crippen LogP contribution is -2.47. The lowest BCUT2D eigenvalue weighted by molar-refractivity contribution is 0.0832. The second-order valence-electron chi connectivity index (χ2n) is 7.35. The molecule has 0 saturated carbocycles. The molecule has 1 heterocycles. The van der Waals surface area contributed by atoms with Gasteiger partial charge in [0.25, 0.3) is 0 Å². The molecule has 21 heavy (non-hydrogen) atoms. The van der Waals surface area contributed by atoms with Crippen molar-refractivity contribution in [2.45, 2.75) is 78.9 Å². The maximum absolute atomic E-state index is 3.56. The molecule has 1 N–H and O–H groups in total. The SMILES string of the molecule is CCCN(CCNC(C)C)C(C)C1CCN(C(C)C)CC1. The van der Waals surface area contributed by atoms with Crippen molar-refractivity contribution < 1.29 is 0 Å². The van der Waals surface area contributed by atoms with Gasteiger partial charge in [-0.3, -0.25) is 4.90 Å². The number of hydrogen-bond donors (Lipinski definition) is 1. The highest BCUT2D eigenvalue weighted by Crippen LogP contribution is 2.25. The van der Waals surface area contributed by atoms with Gasteiger partial charge >= 0.3 is 0 Å². The van der Waals surface area contributed by atoms with E-state index in [9.17, 15) is 0 Å². The van der Waals surface area contributed by atoms with Crippen molar-refractivity contribution in [2.24, 2.45) is 5.92 Å². The standard InChI is InChI=1S/C18H39N3/c1-7-11-21(14-10-19-15(2)3)17(6)18-8-12-20(13-9-18)16(4)5/h15-19H,7-14H2,1-6H3. The number of hydrogen-bond acceptors (Lipinski definition) is 3. The Bertz CT molecular complexity index is 257. The van der Waals surface area contributed by atoms with Gasteiger partial charge in [-0.25, -0.2) is 0 Å². The molecule has 0 bridgehead atoms. The molecule has 0 aliphatic carbocycles. The Balaban J connectivity index is 2.43. The van der Waals surface area contributed by atoms with Gasteiger partial charge in [-0.15, -0.1) is 0 Å². The minimum atomic E-state index is 0.595. The molecular weight excluding hydrogens is 258 g/mol. The number of likely N-dealkylation sites (tertiary alicyclic amines) is 1. The second kappa shape index (κ2) is 9.81. The van der Waals surface area contributed by atoms with Crippen LogP contribution >= 0.6 is 0 Å². The van der Waals surface area contributed by atoms with Gasteiger partial charge in [-0.2, -0.15) is 0 Å². The van der Waals surface area contributed by atoms with Crippen molar-refractivity contribution in [3.8, 4) is 0 Å². The zero-order valence-electron chi connectivity index (χ0n) is 15.4. The van der Waals surface area contributed by atoms with Crippen molar-refractivity contribution in [3.63, 3.8) is 0 Å². The zero-order chi connectivity index (χ0) is 15.8. The normalized spacial score (nSPS) is 19.9. The van der Waals surface area contributed by atoms with Crippen LogP contribution < -0.4 is 5.32 Å². The van der Waals surface area contributed by atoms with Crippen LogP contribution in [0.15, 0.2) is 0 Å². The Labute approximate surface area is 133 Å². The maximum atomic E-state index is 3.56. The highest BCUT2D eigenvalue weighted by Gasteiger charge is 2.27. The van der Waals surface area contributed by atoms with Gasteiger partial charge in [0.05, 0.1) is 0 Å². The Hall–Kier alpha value is -0.120. The van der Waals surface area contributed by atoms with E-state index in [-0.39, 0.29) is 0 Å². The summed E-state index contributed by atoms with van der Waals surface area (Å²) in [7, 11) is 0. The smallest absolute Gasteiger partial charge is 0.0110 e. The van der Waals surface area contributed by atoms with Crippen molar-refractivity contribution >= 4 is 0 Å². The first-order chi connectivity index (χ1) is 9.95. The zero-order valence-corrected chi connectivity index (χ0v) is 15.4. The predicted molar refractivity (Wildman–Crippen MR) is 93.9 cm³/mol. The Morgan fingerprint density at radius 2 is 1.67 bits per heavy atom. The fourth-order valence-corrected chi connectivity index (χ4v) is 3.52. The third-order valence-corrected chi connectivity index (χ3v) is 5.03. The molecule has 0 radical (unpaired) electrons. The quantitative estimate of drug-likeness (QED) is 0.705. The van der Waals surface area contributed by atoms with E-state index in [1.807, 2.05) is 0 Å². The third-order valence-electron chi connectivity index (χ3n) is 5.03. The van der Waals surface area contributed by atoms with Crippen LogP contribution in [0.3, 0.4) is 0 Å². The van der Waals surface area contributed by atoms with E-state index in [0.29, 0.717) is 12.1 Å². The van der Waals surface area contributed by atoms with E-state index in [4.69, 9.17) is 0 Å². The lowest BCUT2D eigenvalue weighted by Gasteiger charge is -2.41. The maximum Gasteiger partial charge on any atom is 0.0110 e. The van der Waals surface area contributed by atoms with E-state index in [0.717, 1.165) is 18.5 Å². The van der Waals surface area contributed by atoms with E-state index < -0.39 is 0 Å². The van der Waals surface area contributed by atoms with Crippen LogP contribution in [0.4, 0.5) is 0 Å². The summed E-state index contributed by atoms with van der Waals surface area (Å²) in [4.78, 5) is 5.35. The number of rotatable bonds is 9. The van der Waals surface area contributed by atoms with Crippen molar-refractivity contribution in [2.75, 3.05) is 32.7 Å². The molecule has 1 rings (SSSR count). The molecule has 3 heteroatoms. The van der Waals surface area contributed by atoms with Crippen molar-refractivity contribution in [1.82, 2.24) is 15.1 Å². The van der Waals surface area contributed by atoms with Crippen LogP contribution in [-0.4, -0.2) is 60.6 Å². The topological polar surface area (TPSA) is 18.5 Å². The van der Waals surface area contributed by atoms with Crippen molar-refractivity contribution in [1.29, 1.82) is 0 Å². The first kappa shape index (κ1) is 18.9. The Morgan fingerprint density at radius 3 is 2.14 bits per heavy atom. The van der Waals surface area contributed by atoms with E-state index in [1.165, 1.54) is 45.4 Å². The average Bonchev–Trinajstić information content (AvgIpc) is 2.45.